The third-order valence-corrected chi connectivity index (χ3v) is 0.767. The first-order valence-corrected chi connectivity index (χ1v) is 2.37. The molecule has 9 heavy (non-hydrogen) atoms. The van der Waals surface area contributed by atoms with Crippen molar-refractivity contribution in [3.05, 3.63) is 11.8 Å². The molecule has 52 valence electrons. The number of nitrogens with one attached hydrogen (secondary N) is 1. The second kappa shape index (κ2) is 3.91. The standard InChI is InChI=1S/C5H9NO3/c1-4(9-2)3-5(7)6-8/h3,8H,1-2H3,(H,6,7)/b4-3-. The zero-order valence-corrected chi connectivity index (χ0v) is 5.34. The third kappa shape index (κ3) is 3.54. The highest BCUT2D eigenvalue weighted by Gasteiger charge is 1.92. The summed E-state index contributed by atoms with van der Waals surface area (Å²) < 4.78 is 4.61. The van der Waals surface area contributed by atoms with Gasteiger partial charge in [-0.3, -0.25) is 10.0 Å². The molecule has 0 atom stereocenters. The minimum atomic E-state index is -0.589. The number of allylic oxidation sites excluding steroid dienone is 1. The van der Waals surface area contributed by atoms with Gasteiger partial charge in [0.15, 0.2) is 0 Å². The Bertz CT molecular complexity index is 130. The van der Waals surface area contributed by atoms with E-state index in [0.29, 0.717) is 5.76 Å². The van der Waals surface area contributed by atoms with E-state index < -0.39 is 5.91 Å². The summed E-state index contributed by atoms with van der Waals surface area (Å²) in [5.41, 5.74) is 1.43. The molecule has 4 heteroatoms. The van der Waals surface area contributed by atoms with E-state index in [1.807, 2.05) is 0 Å². The first-order valence-electron chi connectivity index (χ1n) is 2.37. The van der Waals surface area contributed by atoms with E-state index in [9.17, 15) is 4.79 Å². The van der Waals surface area contributed by atoms with Gasteiger partial charge >= 0.3 is 0 Å². The molecule has 1 amide bonds. The first-order chi connectivity index (χ1) is 4.20. The van der Waals surface area contributed by atoms with Gasteiger partial charge in [0.25, 0.3) is 5.91 Å². The Kier molecular flexibility index (Phi) is 3.46. The van der Waals surface area contributed by atoms with Crippen LogP contribution in [0.4, 0.5) is 0 Å². The molecule has 0 aliphatic carbocycles. The quantitative estimate of drug-likeness (QED) is 0.241. The molecular weight excluding hydrogens is 122 g/mol. The summed E-state index contributed by atoms with van der Waals surface area (Å²) >= 11 is 0. The molecular formula is C5H9NO3. The minimum Gasteiger partial charge on any atom is -0.501 e. The average molecular weight is 131 g/mol. The normalized spacial score (nSPS) is 10.8. The number of amides is 1. The monoisotopic (exact) mass is 131 g/mol. The van der Waals surface area contributed by atoms with Gasteiger partial charge in [-0.1, -0.05) is 0 Å². The predicted molar refractivity (Wildman–Crippen MR) is 30.7 cm³/mol. The van der Waals surface area contributed by atoms with Crippen LogP contribution in [0, 0.1) is 0 Å². The van der Waals surface area contributed by atoms with Gasteiger partial charge in [0.2, 0.25) is 0 Å². The van der Waals surface area contributed by atoms with Crippen molar-refractivity contribution in [2.24, 2.45) is 0 Å². The van der Waals surface area contributed by atoms with E-state index in [1.54, 1.807) is 6.92 Å². The molecule has 0 fully saturated rings. The predicted octanol–water partition coefficient (Wildman–Crippen LogP) is 0.0420. The lowest BCUT2D eigenvalue weighted by molar-refractivity contribution is -0.124. The zero-order valence-electron chi connectivity index (χ0n) is 5.34. The van der Waals surface area contributed by atoms with E-state index in [4.69, 9.17) is 5.21 Å². The van der Waals surface area contributed by atoms with Gasteiger partial charge in [-0.2, -0.15) is 0 Å². The second-order valence-corrected chi connectivity index (χ2v) is 1.44. The smallest absolute Gasteiger partial charge is 0.270 e. The van der Waals surface area contributed by atoms with Crippen LogP contribution in [0.2, 0.25) is 0 Å². The van der Waals surface area contributed by atoms with Crippen LogP contribution in [0.1, 0.15) is 6.92 Å². The summed E-state index contributed by atoms with van der Waals surface area (Å²) in [5, 5.41) is 7.98. The molecule has 0 radical (unpaired) electrons. The van der Waals surface area contributed by atoms with Gasteiger partial charge in [-0.25, -0.2) is 5.48 Å². The van der Waals surface area contributed by atoms with Crippen LogP contribution >= 0.6 is 0 Å². The maximum Gasteiger partial charge on any atom is 0.270 e. The third-order valence-electron chi connectivity index (χ3n) is 0.767. The molecule has 0 rings (SSSR count). The van der Waals surface area contributed by atoms with E-state index in [2.05, 4.69) is 4.74 Å². The van der Waals surface area contributed by atoms with Crippen molar-refractivity contribution < 1.29 is 14.7 Å². The fourth-order valence-electron chi connectivity index (χ4n) is 0.276. The number of carbonyl (C=O) groups excluding carboxylic acids is 1. The van der Waals surface area contributed by atoms with Crippen LogP contribution in [-0.2, 0) is 9.53 Å². The number of rotatable bonds is 2. The van der Waals surface area contributed by atoms with Gasteiger partial charge in [0, 0.05) is 6.08 Å². The van der Waals surface area contributed by atoms with Crippen LogP contribution in [0.3, 0.4) is 0 Å². The van der Waals surface area contributed by atoms with Crippen molar-refractivity contribution in [1.29, 1.82) is 0 Å². The number of carbonyl (C=O) groups is 1. The molecule has 0 spiro atoms. The SMILES string of the molecule is CO/C(C)=C\C(=O)NO. The average Bonchev–Trinajstić information content (AvgIpc) is 1.87. The lowest BCUT2D eigenvalue weighted by Crippen LogP contribution is -2.15. The molecule has 0 aromatic carbocycles. The van der Waals surface area contributed by atoms with Crippen molar-refractivity contribution in [3.8, 4) is 0 Å². The molecule has 0 bridgehead atoms. The van der Waals surface area contributed by atoms with E-state index in [1.165, 1.54) is 12.6 Å². The second-order valence-electron chi connectivity index (χ2n) is 1.44. The number of methoxy groups -OCH3 is 1. The van der Waals surface area contributed by atoms with Gasteiger partial charge in [0.1, 0.15) is 0 Å². The van der Waals surface area contributed by atoms with Crippen LogP contribution in [0.5, 0.6) is 0 Å². The fraction of sp³-hybridized carbons (Fsp3) is 0.400. The Hall–Kier alpha value is -1.03. The molecule has 0 saturated heterocycles. The minimum absolute atomic E-state index is 0.446. The summed E-state index contributed by atoms with van der Waals surface area (Å²) in [6.45, 7) is 1.61. The van der Waals surface area contributed by atoms with Crippen molar-refractivity contribution in [3.63, 3.8) is 0 Å². The van der Waals surface area contributed by atoms with Crippen LogP contribution in [-0.4, -0.2) is 18.2 Å². The lowest BCUT2D eigenvalue weighted by Gasteiger charge is -1.95. The number of ether oxygens (including phenoxy) is 1. The molecule has 0 aromatic rings. The lowest BCUT2D eigenvalue weighted by atomic mass is 10.5. The number of hydrogen-bond donors (Lipinski definition) is 2. The number of hydroxylamine groups is 1. The summed E-state index contributed by atoms with van der Waals surface area (Å²) in [7, 11) is 1.44. The van der Waals surface area contributed by atoms with E-state index >= 15 is 0 Å². The van der Waals surface area contributed by atoms with Crippen LogP contribution in [0.25, 0.3) is 0 Å². The van der Waals surface area contributed by atoms with Crippen LogP contribution < -0.4 is 5.48 Å². The Morgan fingerprint density at radius 3 is 2.67 bits per heavy atom. The Balaban J connectivity index is 3.79. The Morgan fingerprint density at radius 1 is 1.78 bits per heavy atom. The van der Waals surface area contributed by atoms with Crippen molar-refractivity contribution in [2.75, 3.05) is 7.11 Å². The van der Waals surface area contributed by atoms with E-state index in [0.717, 1.165) is 6.08 Å². The van der Waals surface area contributed by atoms with Gasteiger partial charge in [-0.05, 0) is 6.92 Å². The molecule has 2 N–H and O–H groups in total. The zero-order chi connectivity index (χ0) is 7.28. The molecule has 0 aliphatic rings. The molecule has 0 aromatic heterocycles. The summed E-state index contributed by atoms with van der Waals surface area (Å²) in [5.74, 6) is -0.143. The van der Waals surface area contributed by atoms with Crippen molar-refractivity contribution >= 4 is 5.91 Å². The highest BCUT2D eigenvalue weighted by molar-refractivity contribution is 5.86. The maximum atomic E-state index is 10.3. The Morgan fingerprint density at radius 2 is 2.33 bits per heavy atom. The topological polar surface area (TPSA) is 58.6 Å². The van der Waals surface area contributed by atoms with Gasteiger partial charge < -0.3 is 4.74 Å². The maximum absolute atomic E-state index is 10.3. The molecule has 0 heterocycles. The largest absolute Gasteiger partial charge is 0.501 e. The first kappa shape index (κ1) is 7.97. The number of hydrogen-bond acceptors (Lipinski definition) is 3. The fourth-order valence-corrected chi connectivity index (χ4v) is 0.276. The van der Waals surface area contributed by atoms with Crippen LogP contribution in [0.15, 0.2) is 11.8 Å². The Labute approximate surface area is 53.1 Å². The van der Waals surface area contributed by atoms with Crippen molar-refractivity contribution in [1.82, 2.24) is 5.48 Å². The molecule has 4 nitrogen and oxygen atoms in total. The van der Waals surface area contributed by atoms with Gasteiger partial charge in [-0.15, -0.1) is 0 Å². The summed E-state index contributed by atoms with van der Waals surface area (Å²) in [4.78, 5) is 10.3. The highest BCUT2D eigenvalue weighted by Crippen LogP contribution is 1.89. The molecule has 0 aliphatic heterocycles. The summed E-state index contributed by atoms with van der Waals surface area (Å²) in [6.07, 6.45) is 1.14. The highest BCUT2D eigenvalue weighted by atomic mass is 16.5. The molecule has 0 unspecified atom stereocenters. The molecule has 0 saturated carbocycles. The van der Waals surface area contributed by atoms with Crippen molar-refractivity contribution in [2.45, 2.75) is 6.92 Å². The van der Waals surface area contributed by atoms with E-state index in [-0.39, 0.29) is 0 Å². The summed E-state index contributed by atoms with van der Waals surface area (Å²) in [6, 6.07) is 0. The van der Waals surface area contributed by atoms with Gasteiger partial charge in [0.05, 0.1) is 12.9 Å².